The molecule has 0 spiro atoms. The molecule has 1 saturated heterocycles. The number of fused-ring (bicyclic) bond motifs is 1. The van der Waals surface area contributed by atoms with Gasteiger partial charge in [0.1, 0.15) is 31.3 Å². The molecule has 0 aliphatic carbocycles. The highest BCUT2D eigenvalue weighted by molar-refractivity contribution is 5.21. The average molecular weight is 185 g/mol. The van der Waals surface area contributed by atoms with Crippen molar-refractivity contribution in [1.29, 1.82) is 0 Å². The lowest BCUT2D eigenvalue weighted by Gasteiger charge is -2.19. The van der Waals surface area contributed by atoms with E-state index in [1.165, 1.54) is 12.4 Å². The Morgan fingerprint density at radius 2 is 1.69 bits per heavy atom. The highest BCUT2D eigenvalue weighted by atomic mass is 16.6. The average Bonchev–Trinajstić information content (AvgIpc) is 2.34. The summed E-state index contributed by atoms with van der Waals surface area (Å²) in [5, 5.41) is 10.8. The lowest BCUT2D eigenvalue weighted by Crippen LogP contribution is -2.96. The highest BCUT2D eigenvalue weighted by Crippen LogP contribution is 2.19. The first-order valence-corrected chi connectivity index (χ1v) is 3.88. The van der Waals surface area contributed by atoms with Gasteiger partial charge in [-0.1, -0.05) is 0 Å². The van der Waals surface area contributed by atoms with Crippen LogP contribution in [-0.4, -0.2) is 18.9 Å². The standard InChI is InChI=1S/C7H11N3O3/c8-7(9)3-12-5-1-10(11)2-6(5)13-4-7/h1-2,10H,3-4,8-9H2. The van der Waals surface area contributed by atoms with Crippen LogP contribution in [0.15, 0.2) is 23.9 Å². The van der Waals surface area contributed by atoms with Gasteiger partial charge in [0, 0.05) is 0 Å². The van der Waals surface area contributed by atoms with Gasteiger partial charge in [-0.25, -0.2) is 0 Å². The van der Waals surface area contributed by atoms with Crippen molar-refractivity contribution in [2.45, 2.75) is 5.66 Å². The van der Waals surface area contributed by atoms with Gasteiger partial charge in [-0.2, -0.15) is 0 Å². The second kappa shape index (κ2) is 2.71. The predicted octanol–water partition coefficient (Wildman–Crippen LogP) is -2.27. The maximum absolute atomic E-state index is 10.9. The largest absolute Gasteiger partial charge is 0.624 e. The summed E-state index contributed by atoms with van der Waals surface area (Å²) in [6, 6.07) is 0. The van der Waals surface area contributed by atoms with E-state index in [1.807, 2.05) is 0 Å². The molecule has 6 nitrogen and oxygen atoms in total. The number of ether oxygens (including phenoxy) is 2. The van der Waals surface area contributed by atoms with E-state index in [-0.39, 0.29) is 18.3 Å². The molecule has 1 fully saturated rings. The number of nitrogens with two attached hydrogens (primary N) is 2. The van der Waals surface area contributed by atoms with Gasteiger partial charge < -0.3 is 31.2 Å². The van der Waals surface area contributed by atoms with Crippen LogP contribution in [-0.2, 0) is 9.47 Å². The molecular weight excluding hydrogens is 174 g/mol. The fourth-order valence-electron chi connectivity index (χ4n) is 1.13. The minimum Gasteiger partial charge on any atom is -0.624 e. The molecule has 72 valence electrons. The van der Waals surface area contributed by atoms with E-state index in [0.29, 0.717) is 11.5 Å². The number of hydroxylamine groups is 2. The molecule has 0 aromatic rings. The van der Waals surface area contributed by atoms with Crippen LogP contribution in [0.1, 0.15) is 0 Å². The van der Waals surface area contributed by atoms with Gasteiger partial charge in [0.2, 0.25) is 11.5 Å². The Morgan fingerprint density at radius 3 is 2.15 bits per heavy atom. The monoisotopic (exact) mass is 185 g/mol. The van der Waals surface area contributed by atoms with Crippen molar-refractivity contribution in [3.63, 3.8) is 0 Å². The highest BCUT2D eigenvalue weighted by Gasteiger charge is 2.31. The second-order valence-electron chi connectivity index (χ2n) is 3.23. The van der Waals surface area contributed by atoms with Gasteiger partial charge in [-0.05, 0) is 0 Å². The van der Waals surface area contributed by atoms with Gasteiger partial charge in [0.15, 0.2) is 0 Å². The number of nitrogens with one attached hydrogen (secondary N) is 1. The Bertz CT molecular complexity index is 259. The zero-order valence-electron chi connectivity index (χ0n) is 6.95. The van der Waals surface area contributed by atoms with E-state index in [9.17, 15) is 5.21 Å². The van der Waals surface area contributed by atoms with Crippen molar-refractivity contribution in [1.82, 2.24) is 0 Å². The molecule has 0 atom stereocenters. The van der Waals surface area contributed by atoms with E-state index >= 15 is 0 Å². The van der Waals surface area contributed by atoms with Gasteiger partial charge in [0.25, 0.3) is 0 Å². The number of hydrogen-bond acceptors (Lipinski definition) is 5. The number of rotatable bonds is 0. The van der Waals surface area contributed by atoms with Crippen molar-refractivity contribution in [2.75, 3.05) is 13.2 Å². The fourth-order valence-corrected chi connectivity index (χ4v) is 1.13. The number of hydrogen-bond donors (Lipinski definition) is 3. The zero-order valence-corrected chi connectivity index (χ0v) is 6.95. The molecule has 0 bridgehead atoms. The maximum Gasteiger partial charge on any atom is 0.221 e. The summed E-state index contributed by atoms with van der Waals surface area (Å²) in [5.74, 6) is 0.838. The van der Waals surface area contributed by atoms with Crippen molar-refractivity contribution < 1.29 is 14.5 Å². The molecule has 0 radical (unpaired) electrons. The van der Waals surface area contributed by atoms with Crippen LogP contribution in [0.25, 0.3) is 0 Å². The van der Waals surface area contributed by atoms with Crippen LogP contribution >= 0.6 is 0 Å². The van der Waals surface area contributed by atoms with Crippen molar-refractivity contribution in [3.05, 3.63) is 29.1 Å². The molecular formula is C7H11N3O3. The van der Waals surface area contributed by atoms with E-state index in [1.54, 1.807) is 0 Å². The molecule has 2 aliphatic rings. The van der Waals surface area contributed by atoms with E-state index in [4.69, 9.17) is 20.9 Å². The third-order valence-electron chi connectivity index (χ3n) is 1.78. The van der Waals surface area contributed by atoms with Crippen molar-refractivity contribution >= 4 is 0 Å². The maximum atomic E-state index is 10.9. The molecule has 0 aromatic carbocycles. The third kappa shape index (κ3) is 1.65. The van der Waals surface area contributed by atoms with Crippen LogP contribution in [0.5, 0.6) is 0 Å². The van der Waals surface area contributed by atoms with E-state index < -0.39 is 5.66 Å². The molecule has 13 heavy (non-hydrogen) atoms. The van der Waals surface area contributed by atoms with Crippen molar-refractivity contribution in [2.24, 2.45) is 11.5 Å². The molecule has 5 N–H and O–H groups in total. The Hall–Kier alpha value is -1.08. The summed E-state index contributed by atoms with van der Waals surface area (Å²) in [4.78, 5) is 0. The minimum absolute atomic E-state index is 0.133. The molecule has 2 rings (SSSR count). The molecule has 0 unspecified atom stereocenters. The second-order valence-corrected chi connectivity index (χ2v) is 3.23. The van der Waals surface area contributed by atoms with Gasteiger partial charge in [-0.3, -0.25) is 0 Å². The molecule has 0 aromatic heterocycles. The Morgan fingerprint density at radius 1 is 1.23 bits per heavy atom. The zero-order chi connectivity index (χ0) is 9.47. The van der Waals surface area contributed by atoms with E-state index in [0.717, 1.165) is 0 Å². The topological polar surface area (TPSA) is 98.0 Å². The van der Waals surface area contributed by atoms with E-state index in [2.05, 4.69) is 0 Å². The van der Waals surface area contributed by atoms with Crippen LogP contribution in [0.3, 0.4) is 0 Å². The summed E-state index contributed by atoms with van der Waals surface area (Å²) in [5.41, 5.74) is 10.2. The molecule has 2 aliphatic heterocycles. The fraction of sp³-hybridized carbons (Fsp3) is 0.429. The van der Waals surface area contributed by atoms with Crippen molar-refractivity contribution in [3.8, 4) is 0 Å². The first-order valence-electron chi connectivity index (χ1n) is 3.88. The lowest BCUT2D eigenvalue weighted by atomic mass is 10.2. The summed E-state index contributed by atoms with van der Waals surface area (Å²) in [7, 11) is 0. The molecule has 0 amide bonds. The minimum atomic E-state index is -0.991. The normalized spacial score (nSPS) is 26.4. The summed E-state index contributed by atoms with van der Waals surface area (Å²) >= 11 is 0. The predicted molar refractivity (Wildman–Crippen MR) is 43.5 cm³/mol. The van der Waals surface area contributed by atoms with Crippen LogP contribution in [0.4, 0.5) is 0 Å². The first kappa shape index (κ1) is 8.52. The summed E-state index contributed by atoms with van der Waals surface area (Å²) in [6.07, 6.45) is 2.72. The molecule has 6 heteroatoms. The van der Waals surface area contributed by atoms with Crippen LogP contribution in [0, 0.1) is 5.21 Å². The Kier molecular flexibility index (Phi) is 1.77. The number of quaternary nitrogens is 1. The Balaban J connectivity index is 2.17. The van der Waals surface area contributed by atoms with Gasteiger partial charge >= 0.3 is 0 Å². The SMILES string of the molecule is NC1(N)COC2=C[NH+]([O-])C=C2OC1. The van der Waals surface area contributed by atoms with Gasteiger partial charge in [0.05, 0.1) is 0 Å². The smallest absolute Gasteiger partial charge is 0.221 e. The molecule has 0 saturated carbocycles. The van der Waals surface area contributed by atoms with Gasteiger partial charge in [-0.15, -0.1) is 0 Å². The molecule has 2 heterocycles. The lowest BCUT2D eigenvalue weighted by molar-refractivity contribution is -0.728. The summed E-state index contributed by atoms with van der Waals surface area (Å²) in [6.45, 7) is 0.285. The Labute approximate surface area is 75.0 Å². The van der Waals surface area contributed by atoms with Crippen LogP contribution < -0.4 is 16.5 Å². The summed E-state index contributed by atoms with van der Waals surface area (Å²) < 4.78 is 10.4. The van der Waals surface area contributed by atoms with Crippen LogP contribution in [0.2, 0.25) is 0 Å². The quantitative estimate of drug-likeness (QED) is 0.292. The third-order valence-corrected chi connectivity index (χ3v) is 1.78. The first-order chi connectivity index (χ1) is 6.07.